The van der Waals surface area contributed by atoms with Gasteiger partial charge in [-0.2, -0.15) is 26.3 Å². The minimum atomic E-state index is -5.14. The number of hydrogen-bond donors (Lipinski definition) is 2. The van der Waals surface area contributed by atoms with Crippen LogP contribution in [-0.2, 0) is 12.4 Å². The fourth-order valence-corrected chi connectivity index (χ4v) is 4.64. The number of nitrogens with one attached hydrogen (secondary N) is 2. The highest BCUT2D eigenvalue weighted by Crippen LogP contribution is 2.38. The van der Waals surface area contributed by atoms with E-state index in [0.717, 1.165) is 51.6 Å². The molecule has 1 fully saturated rings. The molecule has 33 heavy (non-hydrogen) atoms. The smallest absolute Gasteiger partial charge is 0.351 e. The van der Waals surface area contributed by atoms with Gasteiger partial charge in [0.2, 0.25) is 5.95 Å². The third-order valence-electron chi connectivity index (χ3n) is 5.98. The van der Waals surface area contributed by atoms with Crippen LogP contribution in [0.4, 0.5) is 32.3 Å². The molecule has 0 radical (unpaired) electrons. The molecule has 3 rings (SSSR count). The molecule has 2 atom stereocenters. The van der Waals surface area contributed by atoms with Crippen molar-refractivity contribution >= 4 is 16.9 Å². The number of halogens is 6. The van der Waals surface area contributed by atoms with Gasteiger partial charge in [-0.15, -0.1) is 0 Å². The molecule has 1 aliphatic carbocycles. The van der Waals surface area contributed by atoms with Crippen LogP contribution < -0.4 is 10.9 Å². The Bertz CT molecular complexity index is 1010. The van der Waals surface area contributed by atoms with Gasteiger partial charge in [-0.3, -0.25) is 14.7 Å². The number of rotatable bonds is 7. The SMILES string of the molecule is CCCN(CCC)[C@@H]1CCCC[C@H]1Nc1nc2cc(C(F)(F)F)cc(C(F)(F)F)c2c(=O)[nH]1. The average Bonchev–Trinajstić information content (AvgIpc) is 2.72. The molecule has 0 spiro atoms. The predicted octanol–water partition coefficient (Wildman–Crippen LogP) is 5.81. The van der Waals surface area contributed by atoms with Crippen LogP contribution in [0.3, 0.4) is 0 Å². The van der Waals surface area contributed by atoms with E-state index in [1.165, 1.54) is 0 Å². The van der Waals surface area contributed by atoms with E-state index in [2.05, 4.69) is 34.0 Å². The molecule has 1 aliphatic rings. The number of benzene rings is 1. The van der Waals surface area contributed by atoms with Gasteiger partial charge in [-0.25, -0.2) is 4.98 Å². The summed E-state index contributed by atoms with van der Waals surface area (Å²) in [7, 11) is 0. The third-order valence-corrected chi connectivity index (χ3v) is 5.98. The van der Waals surface area contributed by atoms with E-state index in [0.29, 0.717) is 6.07 Å². The lowest BCUT2D eigenvalue weighted by molar-refractivity contribution is -0.142. The number of nitrogens with zero attached hydrogens (tertiary/aromatic N) is 2. The second kappa shape index (κ2) is 9.90. The summed E-state index contributed by atoms with van der Waals surface area (Å²) in [6.07, 6.45) is -4.63. The molecule has 0 aliphatic heterocycles. The Morgan fingerprint density at radius 1 is 1.03 bits per heavy atom. The lowest BCUT2D eigenvalue weighted by atomic mass is 9.89. The Kier molecular flexibility index (Phi) is 7.60. The molecule has 1 saturated carbocycles. The molecular formula is C22H28F6N4O. The molecule has 2 N–H and O–H groups in total. The zero-order valence-corrected chi connectivity index (χ0v) is 18.5. The van der Waals surface area contributed by atoms with Crippen LogP contribution in [0.5, 0.6) is 0 Å². The molecule has 5 nitrogen and oxygen atoms in total. The third kappa shape index (κ3) is 5.80. The number of H-pyrrole nitrogens is 1. The van der Waals surface area contributed by atoms with Crippen molar-refractivity contribution in [1.82, 2.24) is 14.9 Å². The highest BCUT2D eigenvalue weighted by Gasteiger charge is 2.39. The van der Waals surface area contributed by atoms with Crippen molar-refractivity contribution in [1.29, 1.82) is 0 Å². The molecule has 1 aromatic carbocycles. The topological polar surface area (TPSA) is 61.0 Å². The summed E-state index contributed by atoms with van der Waals surface area (Å²) in [4.78, 5) is 21.2. The zero-order chi connectivity index (χ0) is 24.4. The number of hydrogen-bond acceptors (Lipinski definition) is 4. The highest BCUT2D eigenvalue weighted by molar-refractivity contribution is 5.83. The van der Waals surface area contributed by atoms with Crippen LogP contribution in [0.2, 0.25) is 0 Å². The minimum Gasteiger partial charge on any atom is -0.351 e. The Morgan fingerprint density at radius 2 is 1.67 bits per heavy atom. The summed E-state index contributed by atoms with van der Waals surface area (Å²) in [6.45, 7) is 5.91. The largest absolute Gasteiger partial charge is 0.417 e. The molecule has 184 valence electrons. The first-order valence-corrected chi connectivity index (χ1v) is 11.2. The van der Waals surface area contributed by atoms with E-state index >= 15 is 0 Å². The summed E-state index contributed by atoms with van der Waals surface area (Å²) in [5, 5.41) is 2.20. The molecule has 1 aromatic heterocycles. The molecule has 0 unspecified atom stereocenters. The molecule has 2 aromatic rings. The van der Waals surface area contributed by atoms with E-state index in [4.69, 9.17) is 0 Å². The summed E-state index contributed by atoms with van der Waals surface area (Å²) < 4.78 is 80.1. The van der Waals surface area contributed by atoms with E-state index in [1.54, 1.807) is 0 Å². The second-order valence-electron chi connectivity index (χ2n) is 8.47. The van der Waals surface area contributed by atoms with E-state index < -0.39 is 39.9 Å². The number of anilines is 1. The lowest BCUT2D eigenvalue weighted by Crippen LogP contribution is -2.49. The van der Waals surface area contributed by atoms with Gasteiger partial charge in [-0.1, -0.05) is 26.7 Å². The molecule has 0 bridgehead atoms. The van der Waals surface area contributed by atoms with E-state index in [-0.39, 0.29) is 24.1 Å². The van der Waals surface area contributed by atoms with E-state index in [1.807, 2.05) is 0 Å². The van der Waals surface area contributed by atoms with Crippen molar-refractivity contribution < 1.29 is 26.3 Å². The van der Waals surface area contributed by atoms with Crippen LogP contribution in [0.25, 0.3) is 10.9 Å². The quantitative estimate of drug-likeness (QED) is 0.494. The van der Waals surface area contributed by atoms with Crippen molar-refractivity contribution in [2.24, 2.45) is 0 Å². The summed E-state index contributed by atoms with van der Waals surface area (Å²) in [5.41, 5.74) is -4.93. The first-order valence-electron chi connectivity index (χ1n) is 11.2. The second-order valence-corrected chi connectivity index (χ2v) is 8.47. The Morgan fingerprint density at radius 3 is 2.24 bits per heavy atom. The van der Waals surface area contributed by atoms with Crippen LogP contribution in [0.15, 0.2) is 16.9 Å². The van der Waals surface area contributed by atoms with Gasteiger partial charge < -0.3 is 5.32 Å². The van der Waals surface area contributed by atoms with Gasteiger partial charge >= 0.3 is 12.4 Å². The van der Waals surface area contributed by atoms with Crippen LogP contribution in [0, 0.1) is 0 Å². The van der Waals surface area contributed by atoms with E-state index in [9.17, 15) is 31.1 Å². The Balaban J connectivity index is 2.04. The van der Waals surface area contributed by atoms with Gasteiger partial charge in [0.15, 0.2) is 0 Å². The van der Waals surface area contributed by atoms with Crippen molar-refractivity contribution in [3.05, 3.63) is 33.6 Å². The van der Waals surface area contributed by atoms with Crippen LogP contribution in [0.1, 0.15) is 63.5 Å². The zero-order valence-electron chi connectivity index (χ0n) is 18.5. The number of alkyl halides is 6. The Labute approximate surface area is 187 Å². The average molecular weight is 478 g/mol. The van der Waals surface area contributed by atoms with Gasteiger partial charge in [0.25, 0.3) is 5.56 Å². The van der Waals surface area contributed by atoms with Crippen LogP contribution >= 0.6 is 0 Å². The lowest BCUT2D eigenvalue weighted by Gasteiger charge is -2.40. The van der Waals surface area contributed by atoms with Crippen molar-refractivity contribution in [3.63, 3.8) is 0 Å². The number of fused-ring (bicyclic) bond motifs is 1. The molecular weight excluding hydrogens is 450 g/mol. The predicted molar refractivity (Wildman–Crippen MR) is 114 cm³/mol. The van der Waals surface area contributed by atoms with Crippen molar-refractivity contribution in [3.8, 4) is 0 Å². The minimum absolute atomic E-state index is 0.0447. The normalized spacial score (nSPS) is 19.9. The molecule has 11 heteroatoms. The summed E-state index contributed by atoms with van der Waals surface area (Å²) in [6, 6.07) is 0.443. The maximum atomic E-state index is 13.5. The molecule has 1 heterocycles. The number of aromatic nitrogens is 2. The first-order chi connectivity index (χ1) is 15.5. The van der Waals surface area contributed by atoms with Gasteiger partial charge in [0.1, 0.15) is 0 Å². The number of aromatic amines is 1. The van der Waals surface area contributed by atoms with Gasteiger partial charge in [0.05, 0.1) is 22.0 Å². The van der Waals surface area contributed by atoms with Crippen molar-refractivity contribution in [2.45, 2.75) is 76.8 Å². The Hall–Kier alpha value is -2.30. The van der Waals surface area contributed by atoms with Crippen molar-refractivity contribution in [2.75, 3.05) is 18.4 Å². The van der Waals surface area contributed by atoms with Crippen LogP contribution in [-0.4, -0.2) is 40.0 Å². The van der Waals surface area contributed by atoms with Gasteiger partial charge in [-0.05, 0) is 50.9 Å². The fraction of sp³-hybridized carbons (Fsp3) is 0.636. The monoisotopic (exact) mass is 478 g/mol. The summed E-state index contributed by atoms with van der Waals surface area (Å²) >= 11 is 0. The molecule has 0 saturated heterocycles. The first kappa shape index (κ1) is 25.3. The van der Waals surface area contributed by atoms with Gasteiger partial charge in [0, 0.05) is 12.1 Å². The maximum absolute atomic E-state index is 13.5. The molecule has 0 amide bonds. The fourth-order valence-electron chi connectivity index (χ4n) is 4.64. The highest BCUT2D eigenvalue weighted by atomic mass is 19.4. The summed E-state index contributed by atoms with van der Waals surface area (Å²) in [5.74, 6) is -0.121. The standard InChI is InChI=1S/C22H28F6N4O/c1-3-9-32(10-4-2)17-8-6-5-7-15(17)29-20-30-16-12-13(21(23,24)25)11-14(22(26,27)28)18(16)19(33)31-20/h11-12,15,17H,3-10H2,1-2H3,(H2,29,30,31,33)/t15-,17-/m1/s1. The maximum Gasteiger partial charge on any atom is 0.417 e.